The third kappa shape index (κ3) is 2.74. The molecule has 20 heavy (non-hydrogen) atoms. The van der Waals surface area contributed by atoms with Crippen LogP contribution in [-0.4, -0.2) is 36.6 Å². The number of fused-ring (bicyclic) bond motifs is 1. The highest BCUT2D eigenvalue weighted by Crippen LogP contribution is 2.39. The van der Waals surface area contributed by atoms with Crippen molar-refractivity contribution in [2.75, 3.05) is 24.6 Å². The Balaban J connectivity index is 1.87. The van der Waals surface area contributed by atoms with Crippen LogP contribution >= 0.6 is 11.3 Å². The SMILES string of the molecule is CC1CN(c2nc3c(s2)C(=O)CC(C)(C)C3)CCCO1. The number of ether oxygens (including phenoxy) is 1. The van der Waals surface area contributed by atoms with Gasteiger partial charge in [-0.3, -0.25) is 4.79 Å². The zero-order valence-electron chi connectivity index (χ0n) is 12.4. The lowest BCUT2D eigenvalue weighted by Crippen LogP contribution is -2.30. The Morgan fingerprint density at radius 2 is 2.20 bits per heavy atom. The molecule has 0 amide bonds. The summed E-state index contributed by atoms with van der Waals surface area (Å²) >= 11 is 1.57. The normalized spacial score (nSPS) is 26.2. The Morgan fingerprint density at radius 3 is 3.00 bits per heavy atom. The van der Waals surface area contributed by atoms with Crippen molar-refractivity contribution >= 4 is 22.3 Å². The third-order valence-corrected chi connectivity index (χ3v) is 5.15. The molecule has 1 aromatic rings. The number of thiazole rings is 1. The van der Waals surface area contributed by atoms with Gasteiger partial charge in [0.15, 0.2) is 10.9 Å². The van der Waals surface area contributed by atoms with Gasteiger partial charge in [-0.2, -0.15) is 0 Å². The zero-order valence-corrected chi connectivity index (χ0v) is 13.3. The quantitative estimate of drug-likeness (QED) is 0.798. The summed E-state index contributed by atoms with van der Waals surface area (Å²) < 4.78 is 5.68. The van der Waals surface area contributed by atoms with E-state index in [2.05, 4.69) is 25.7 Å². The maximum Gasteiger partial charge on any atom is 0.186 e. The lowest BCUT2D eigenvalue weighted by atomic mass is 9.78. The molecule has 1 aromatic heterocycles. The van der Waals surface area contributed by atoms with E-state index in [4.69, 9.17) is 9.72 Å². The van der Waals surface area contributed by atoms with Crippen LogP contribution in [0.1, 0.15) is 49.0 Å². The van der Waals surface area contributed by atoms with E-state index < -0.39 is 0 Å². The van der Waals surface area contributed by atoms with Crippen LogP contribution in [0.4, 0.5) is 5.13 Å². The molecule has 0 N–H and O–H groups in total. The maximum absolute atomic E-state index is 12.3. The van der Waals surface area contributed by atoms with E-state index in [1.807, 2.05) is 0 Å². The topological polar surface area (TPSA) is 42.4 Å². The van der Waals surface area contributed by atoms with Gasteiger partial charge in [0.2, 0.25) is 0 Å². The molecule has 0 aromatic carbocycles. The molecule has 0 bridgehead atoms. The van der Waals surface area contributed by atoms with Crippen molar-refractivity contribution in [1.82, 2.24) is 4.98 Å². The molecule has 4 nitrogen and oxygen atoms in total. The smallest absolute Gasteiger partial charge is 0.186 e. The molecule has 0 spiro atoms. The predicted octanol–water partition coefficient (Wildman–Crippen LogP) is 2.91. The predicted molar refractivity (Wildman–Crippen MR) is 80.8 cm³/mol. The molecule has 3 rings (SSSR count). The highest BCUT2D eigenvalue weighted by Gasteiger charge is 2.34. The van der Waals surface area contributed by atoms with Crippen LogP contribution in [-0.2, 0) is 11.2 Å². The van der Waals surface area contributed by atoms with E-state index in [0.717, 1.165) is 48.2 Å². The van der Waals surface area contributed by atoms with Crippen LogP contribution in [0.15, 0.2) is 0 Å². The minimum absolute atomic E-state index is 0.0462. The number of hydrogen-bond donors (Lipinski definition) is 0. The van der Waals surface area contributed by atoms with Gasteiger partial charge in [0.05, 0.1) is 16.7 Å². The first-order valence-corrected chi connectivity index (χ1v) is 8.16. The van der Waals surface area contributed by atoms with E-state index in [1.165, 1.54) is 0 Å². The number of anilines is 1. The van der Waals surface area contributed by atoms with Crippen LogP contribution in [0.2, 0.25) is 0 Å². The minimum Gasteiger partial charge on any atom is -0.377 e. The van der Waals surface area contributed by atoms with Crippen LogP contribution in [0.3, 0.4) is 0 Å². The summed E-state index contributed by atoms with van der Waals surface area (Å²) in [6.07, 6.45) is 2.80. The fourth-order valence-electron chi connectivity index (χ4n) is 3.01. The fraction of sp³-hybridized carbons (Fsp3) is 0.733. The molecular formula is C15H22N2O2S. The summed E-state index contributed by atoms with van der Waals surface area (Å²) in [5, 5.41) is 0.999. The summed E-state index contributed by atoms with van der Waals surface area (Å²) in [6.45, 7) is 9.04. The molecular weight excluding hydrogens is 272 g/mol. The largest absolute Gasteiger partial charge is 0.377 e. The summed E-state index contributed by atoms with van der Waals surface area (Å²) in [5.74, 6) is 0.263. The van der Waals surface area contributed by atoms with Gasteiger partial charge < -0.3 is 9.64 Å². The van der Waals surface area contributed by atoms with Crippen molar-refractivity contribution in [3.8, 4) is 0 Å². The summed E-state index contributed by atoms with van der Waals surface area (Å²) in [7, 11) is 0. The first-order valence-electron chi connectivity index (χ1n) is 7.34. The molecule has 0 saturated carbocycles. The number of Topliss-reactive ketones (excluding diaryl/α,β-unsaturated/α-hetero) is 1. The van der Waals surface area contributed by atoms with Crippen molar-refractivity contribution in [1.29, 1.82) is 0 Å². The molecule has 1 aliphatic carbocycles. The van der Waals surface area contributed by atoms with Gasteiger partial charge in [0.25, 0.3) is 0 Å². The van der Waals surface area contributed by atoms with Gasteiger partial charge in [-0.1, -0.05) is 25.2 Å². The maximum atomic E-state index is 12.3. The second-order valence-corrected chi connectivity index (χ2v) is 7.67. The van der Waals surface area contributed by atoms with Crippen molar-refractivity contribution in [2.24, 2.45) is 5.41 Å². The molecule has 110 valence electrons. The Labute approximate surface area is 124 Å². The number of rotatable bonds is 1. The van der Waals surface area contributed by atoms with E-state index in [-0.39, 0.29) is 17.3 Å². The van der Waals surface area contributed by atoms with Crippen LogP contribution < -0.4 is 4.90 Å². The number of carbonyl (C=O) groups excluding carboxylic acids is 1. The number of ketones is 1. The Kier molecular flexibility index (Phi) is 3.58. The van der Waals surface area contributed by atoms with E-state index >= 15 is 0 Å². The van der Waals surface area contributed by atoms with Crippen molar-refractivity contribution in [3.63, 3.8) is 0 Å². The monoisotopic (exact) mass is 294 g/mol. The molecule has 0 radical (unpaired) electrons. The summed E-state index contributed by atoms with van der Waals surface area (Å²) in [5.41, 5.74) is 1.05. The number of aromatic nitrogens is 1. The number of carbonyl (C=O) groups is 1. The Hall–Kier alpha value is -0.940. The van der Waals surface area contributed by atoms with Crippen molar-refractivity contribution in [2.45, 2.75) is 46.1 Å². The molecule has 1 atom stereocenters. The van der Waals surface area contributed by atoms with Gasteiger partial charge in [-0.05, 0) is 25.2 Å². The van der Waals surface area contributed by atoms with Gasteiger partial charge in [0.1, 0.15) is 0 Å². The standard InChI is InChI=1S/C15H22N2O2S/c1-10-9-17(5-4-6-19-10)14-16-11-7-15(2,3)8-12(18)13(11)20-14/h10H,4-9H2,1-3H3. The van der Waals surface area contributed by atoms with Crippen LogP contribution in [0, 0.1) is 5.41 Å². The fourth-order valence-corrected chi connectivity index (χ4v) is 4.07. The number of hydrogen-bond acceptors (Lipinski definition) is 5. The molecule has 1 saturated heterocycles. The Bertz CT molecular complexity index is 524. The highest BCUT2D eigenvalue weighted by atomic mass is 32.1. The molecule has 5 heteroatoms. The minimum atomic E-state index is 0.0462. The number of nitrogens with zero attached hydrogens (tertiary/aromatic N) is 2. The summed E-state index contributed by atoms with van der Waals surface area (Å²) in [6, 6.07) is 0. The van der Waals surface area contributed by atoms with Gasteiger partial charge in [-0.25, -0.2) is 4.98 Å². The van der Waals surface area contributed by atoms with Crippen LogP contribution in [0.25, 0.3) is 0 Å². The first-order chi connectivity index (χ1) is 9.44. The van der Waals surface area contributed by atoms with Gasteiger partial charge in [-0.15, -0.1) is 0 Å². The van der Waals surface area contributed by atoms with Crippen LogP contribution in [0.5, 0.6) is 0 Å². The average molecular weight is 294 g/mol. The highest BCUT2D eigenvalue weighted by molar-refractivity contribution is 7.17. The Morgan fingerprint density at radius 1 is 1.40 bits per heavy atom. The first kappa shape index (κ1) is 14.0. The van der Waals surface area contributed by atoms with Crippen molar-refractivity contribution < 1.29 is 9.53 Å². The van der Waals surface area contributed by atoms with E-state index in [0.29, 0.717) is 6.42 Å². The van der Waals surface area contributed by atoms with Crippen molar-refractivity contribution in [3.05, 3.63) is 10.6 Å². The third-order valence-electron chi connectivity index (χ3n) is 3.95. The molecule has 1 aliphatic heterocycles. The summed E-state index contributed by atoms with van der Waals surface area (Å²) in [4.78, 5) is 20.2. The average Bonchev–Trinajstić information content (AvgIpc) is 2.63. The zero-order chi connectivity index (χ0) is 14.3. The lowest BCUT2D eigenvalue weighted by Gasteiger charge is -2.26. The molecule has 1 fully saturated rings. The van der Waals surface area contributed by atoms with E-state index in [9.17, 15) is 4.79 Å². The van der Waals surface area contributed by atoms with E-state index in [1.54, 1.807) is 11.3 Å². The second kappa shape index (κ2) is 5.11. The molecule has 1 unspecified atom stereocenters. The van der Waals surface area contributed by atoms with Gasteiger partial charge in [0, 0.05) is 26.1 Å². The van der Waals surface area contributed by atoms with Gasteiger partial charge >= 0.3 is 0 Å². The lowest BCUT2D eigenvalue weighted by molar-refractivity contribution is 0.0820. The second-order valence-electron chi connectivity index (χ2n) is 6.69. The molecule has 2 aliphatic rings. The molecule has 2 heterocycles.